The van der Waals surface area contributed by atoms with Crippen LogP contribution in [0.4, 0.5) is 0 Å². The average molecular weight is 409 g/mol. The van der Waals surface area contributed by atoms with E-state index in [1.807, 2.05) is 18.2 Å². The lowest BCUT2D eigenvalue weighted by Crippen LogP contribution is -2.53. The van der Waals surface area contributed by atoms with Crippen molar-refractivity contribution < 1.29 is 17.9 Å². The van der Waals surface area contributed by atoms with Crippen molar-refractivity contribution in [3.8, 4) is 5.75 Å². The number of nitrogens with zero attached hydrogens (tertiary/aromatic N) is 2. The Kier molecular flexibility index (Phi) is 6.04. The predicted octanol–water partition coefficient (Wildman–Crippen LogP) is 2.64. The van der Waals surface area contributed by atoms with E-state index in [-0.39, 0.29) is 28.9 Å². The van der Waals surface area contributed by atoms with E-state index < -0.39 is 16.1 Å². The second kappa shape index (κ2) is 8.29. The van der Waals surface area contributed by atoms with Gasteiger partial charge in [0.15, 0.2) is 6.10 Å². The Morgan fingerprint density at radius 3 is 2.22 bits per heavy atom. The molecule has 1 aliphatic rings. The van der Waals surface area contributed by atoms with E-state index >= 15 is 0 Å². The van der Waals surface area contributed by atoms with Crippen molar-refractivity contribution in [1.29, 1.82) is 0 Å². The maximum absolute atomic E-state index is 12.8. The molecule has 1 atom stereocenters. The Morgan fingerprint density at radius 1 is 1.00 bits per heavy atom. The molecule has 0 saturated carbocycles. The van der Waals surface area contributed by atoms with Crippen LogP contribution in [0.25, 0.3) is 0 Å². The average Bonchev–Trinajstić information content (AvgIpc) is 2.68. The van der Waals surface area contributed by atoms with Crippen LogP contribution in [0.3, 0.4) is 0 Å². The molecule has 6 nitrogen and oxygen atoms in total. The van der Waals surface area contributed by atoms with Gasteiger partial charge in [0, 0.05) is 26.2 Å². The van der Waals surface area contributed by atoms with E-state index in [1.54, 1.807) is 42.2 Å². The first-order valence-corrected chi connectivity index (χ1v) is 10.5. The molecule has 3 rings (SSSR count). The smallest absolute Gasteiger partial charge is 0.263 e. The number of carbonyl (C=O) groups excluding carboxylic acids is 1. The molecular formula is C19H21ClN2O4S. The number of carbonyl (C=O) groups is 1. The molecule has 0 bridgehead atoms. The van der Waals surface area contributed by atoms with Crippen LogP contribution in [0.5, 0.6) is 5.75 Å². The molecule has 0 radical (unpaired) electrons. The molecular weight excluding hydrogens is 388 g/mol. The first-order valence-electron chi connectivity index (χ1n) is 8.65. The zero-order valence-corrected chi connectivity index (χ0v) is 16.5. The van der Waals surface area contributed by atoms with Gasteiger partial charge < -0.3 is 9.64 Å². The van der Waals surface area contributed by atoms with Crippen LogP contribution in [0.2, 0.25) is 5.02 Å². The van der Waals surface area contributed by atoms with Crippen LogP contribution in [-0.4, -0.2) is 55.8 Å². The first kappa shape index (κ1) is 19.7. The molecule has 0 spiro atoms. The topological polar surface area (TPSA) is 66.9 Å². The SMILES string of the molecule is CC(Oc1ccccc1)C(=O)N1CCN(S(=O)(=O)c2ccccc2Cl)CC1. The number of ether oxygens (including phenoxy) is 1. The van der Waals surface area contributed by atoms with Crippen molar-refractivity contribution in [1.82, 2.24) is 9.21 Å². The Hall–Kier alpha value is -2.09. The molecule has 1 heterocycles. The van der Waals surface area contributed by atoms with E-state index in [1.165, 1.54) is 10.4 Å². The Morgan fingerprint density at radius 2 is 1.59 bits per heavy atom. The van der Waals surface area contributed by atoms with Gasteiger partial charge in [0.2, 0.25) is 10.0 Å². The van der Waals surface area contributed by atoms with Crippen LogP contribution in [0.1, 0.15) is 6.92 Å². The summed E-state index contributed by atoms with van der Waals surface area (Å²) in [6.45, 7) is 2.76. The summed E-state index contributed by atoms with van der Waals surface area (Å²) >= 11 is 6.04. The van der Waals surface area contributed by atoms with Gasteiger partial charge in [0.1, 0.15) is 10.6 Å². The maximum atomic E-state index is 12.8. The molecule has 27 heavy (non-hydrogen) atoms. The van der Waals surface area contributed by atoms with Crippen LogP contribution in [0.15, 0.2) is 59.5 Å². The predicted molar refractivity (Wildman–Crippen MR) is 103 cm³/mol. The zero-order valence-electron chi connectivity index (χ0n) is 14.9. The Balaban J connectivity index is 1.61. The Labute approximate surface area is 164 Å². The number of para-hydroxylation sites is 1. The van der Waals surface area contributed by atoms with E-state index in [0.717, 1.165) is 0 Å². The number of sulfonamides is 1. The summed E-state index contributed by atoms with van der Waals surface area (Å²) in [5.41, 5.74) is 0. The third kappa shape index (κ3) is 4.43. The summed E-state index contributed by atoms with van der Waals surface area (Å²) in [5.74, 6) is 0.465. The highest BCUT2D eigenvalue weighted by Gasteiger charge is 2.32. The normalized spacial score (nSPS) is 16.7. The highest BCUT2D eigenvalue weighted by atomic mass is 35.5. The lowest BCUT2D eigenvalue weighted by Gasteiger charge is -2.35. The van der Waals surface area contributed by atoms with Gasteiger partial charge in [-0.05, 0) is 31.2 Å². The summed E-state index contributed by atoms with van der Waals surface area (Å²) in [7, 11) is -3.68. The van der Waals surface area contributed by atoms with Crippen molar-refractivity contribution in [3.05, 3.63) is 59.6 Å². The second-order valence-corrected chi connectivity index (χ2v) is 8.55. The molecule has 144 valence electrons. The van der Waals surface area contributed by atoms with Gasteiger partial charge >= 0.3 is 0 Å². The number of rotatable bonds is 5. The van der Waals surface area contributed by atoms with E-state index in [0.29, 0.717) is 18.8 Å². The maximum Gasteiger partial charge on any atom is 0.263 e. The summed E-state index contributed by atoms with van der Waals surface area (Å²) in [4.78, 5) is 14.3. The molecule has 0 N–H and O–H groups in total. The monoisotopic (exact) mass is 408 g/mol. The number of piperazine rings is 1. The quantitative estimate of drug-likeness (QED) is 0.762. The fourth-order valence-electron chi connectivity index (χ4n) is 2.95. The Bertz CT molecular complexity index is 897. The molecule has 2 aromatic rings. The largest absolute Gasteiger partial charge is 0.481 e. The van der Waals surface area contributed by atoms with Gasteiger partial charge in [-0.1, -0.05) is 41.9 Å². The molecule has 2 aromatic carbocycles. The highest BCUT2D eigenvalue weighted by Crippen LogP contribution is 2.25. The summed E-state index contributed by atoms with van der Waals surface area (Å²) in [6.07, 6.45) is -0.640. The lowest BCUT2D eigenvalue weighted by molar-refractivity contribution is -0.139. The third-order valence-electron chi connectivity index (χ3n) is 4.41. The van der Waals surface area contributed by atoms with Crippen LogP contribution in [-0.2, 0) is 14.8 Å². The fraction of sp³-hybridized carbons (Fsp3) is 0.316. The van der Waals surface area contributed by atoms with Gasteiger partial charge in [-0.25, -0.2) is 8.42 Å². The summed E-state index contributed by atoms with van der Waals surface area (Å²) in [5, 5.41) is 0.195. The van der Waals surface area contributed by atoms with Crippen LogP contribution in [0, 0.1) is 0 Å². The van der Waals surface area contributed by atoms with Crippen molar-refractivity contribution in [3.63, 3.8) is 0 Å². The summed E-state index contributed by atoms with van der Waals surface area (Å²) in [6, 6.07) is 15.5. The molecule has 1 saturated heterocycles. The van der Waals surface area contributed by atoms with Gasteiger partial charge in [0.05, 0.1) is 5.02 Å². The van der Waals surface area contributed by atoms with Gasteiger partial charge in [-0.2, -0.15) is 4.31 Å². The molecule has 1 aliphatic heterocycles. The number of benzene rings is 2. The van der Waals surface area contributed by atoms with Gasteiger partial charge in [-0.3, -0.25) is 4.79 Å². The minimum Gasteiger partial charge on any atom is -0.481 e. The second-order valence-electron chi connectivity index (χ2n) is 6.23. The number of amides is 1. The first-order chi connectivity index (χ1) is 12.9. The lowest BCUT2D eigenvalue weighted by atomic mass is 10.3. The number of halogens is 1. The van der Waals surface area contributed by atoms with Crippen molar-refractivity contribution >= 4 is 27.5 Å². The molecule has 0 aliphatic carbocycles. The molecule has 1 amide bonds. The van der Waals surface area contributed by atoms with Crippen LogP contribution >= 0.6 is 11.6 Å². The summed E-state index contributed by atoms with van der Waals surface area (Å²) < 4.78 is 32.6. The molecule has 0 aromatic heterocycles. The third-order valence-corrected chi connectivity index (χ3v) is 6.81. The molecule has 8 heteroatoms. The zero-order chi connectivity index (χ0) is 19.4. The molecule has 1 fully saturated rings. The number of hydrogen-bond donors (Lipinski definition) is 0. The fourth-order valence-corrected chi connectivity index (χ4v) is 4.87. The van der Waals surface area contributed by atoms with Gasteiger partial charge in [-0.15, -0.1) is 0 Å². The minimum absolute atomic E-state index is 0.0900. The van der Waals surface area contributed by atoms with Crippen LogP contribution < -0.4 is 4.74 Å². The van der Waals surface area contributed by atoms with E-state index in [2.05, 4.69) is 0 Å². The highest BCUT2D eigenvalue weighted by molar-refractivity contribution is 7.89. The minimum atomic E-state index is -3.68. The number of hydrogen-bond acceptors (Lipinski definition) is 4. The van der Waals surface area contributed by atoms with Gasteiger partial charge in [0.25, 0.3) is 5.91 Å². The molecule has 1 unspecified atom stereocenters. The van der Waals surface area contributed by atoms with E-state index in [4.69, 9.17) is 16.3 Å². The van der Waals surface area contributed by atoms with E-state index in [9.17, 15) is 13.2 Å². The standard InChI is InChI=1S/C19H21ClN2O4S/c1-15(26-16-7-3-2-4-8-16)19(23)21-11-13-22(14-12-21)27(24,25)18-10-6-5-9-17(18)20/h2-10,15H,11-14H2,1H3. The van der Waals surface area contributed by atoms with Crippen molar-refractivity contribution in [2.24, 2.45) is 0 Å². The van der Waals surface area contributed by atoms with Crippen molar-refractivity contribution in [2.45, 2.75) is 17.9 Å². The van der Waals surface area contributed by atoms with Crippen molar-refractivity contribution in [2.75, 3.05) is 26.2 Å².